The number of aromatic nitrogens is 1. The van der Waals surface area contributed by atoms with Crippen LogP contribution in [0.4, 0.5) is 0 Å². The standard InChI is InChI=1S/C16H28N4/c1-3-15(17)16(14-7-6-8-18-13-14)19(2)11-12-20-9-4-5-10-20/h6-8,13,15-16H,3-5,9-12,17H2,1-2H3. The quantitative estimate of drug-likeness (QED) is 0.826. The first-order valence-electron chi connectivity index (χ1n) is 7.80. The van der Waals surface area contributed by atoms with Gasteiger partial charge in [-0.25, -0.2) is 0 Å². The highest BCUT2D eigenvalue weighted by Gasteiger charge is 2.23. The Labute approximate surface area is 123 Å². The molecule has 1 aliphatic heterocycles. The van der Waals surface area contributed by atoms with Gasteiger partial charge in [0.1, 0.15) is 0 Å². The predicted octanol–water partition coefficient (Wildman–Crippen LogP) is 1.89. The summed E-state index contributed by atoms with van der Waals surface area (Å²) >= 11 is 0. The lowest BCUT2D eigenvalue weighted by Crippen LogP contribution is -2.42. The van der Waals surface area contributed by atoms with E-state index in [0.29, 0.717) is 0 Å². The fourth-order valence-electron chi connectivity index (χ4n) is 3.05. The fourth-order valence-corrected chi connectivity index (χ4v) is 3.05. The summed E-state index contributed by atoms with van der Waals surface area (Å²) in [6.45, 7) is 6.87. The molecule has 2 unspecified atom stereocenters. The van der Waals surface area contributed by atoms with Crippen LogP contribution in [0, 0.1) is 0 Å². The molecule has 4 heteroatoms. The Hall–Kier alpha value is -0.970. The second kappa shape index (κ2) is 7.72. The molecule has 20 heavy (non-hydrogen) atoms. The van der Waals surface area contributed by atoms with Crippen LogP contribution in [0.25, 0.3) is 0 Å². The zero-order valence-corrected chi connectivity index (χ0v) is 12.8. The Kier molecular flexibility index (Phi) is 5.95. The van der Waals surface area contributed by atoms with E-state index >= 15 is 0 Å². The second-order valence-corrected chi connectivity index (χ2v) is 5.83. The first-order chi connectivity index (χ1) is 9.72. The summed E-state index contributed by atoms with van der Waals surface area (Å²) in [4.78, 5) is 9.19. The van der Waals surface area contributed by atoms with Gasteiger partial charge in [0.05, 0.1) is 6.04 Å². The molecule has 1 fully saturated rings. The minimum absolute atomic E-state index is 0.155. The summed E-state index contributed by atoms with van der Waals surface area (Å²) in [5.41, 5.74) is 7.58. The number of likely N-dealkylation sites (tertiary alicyclic amines) is 1. The lowest BCUT2D eigenvalue weighted by Gasteiger charge is -2.33. The predicted molar refractivity (Wildman–Crippen MR) is 83.5 cm³/mol. The number of hydrogen-bond acceptors (Lipinski definition) is 4. The number of hydrogen-bond donors (Lipinski definition) is 1. The van der Waals surface area contributed by atoms with Gasteiger partial charge < -0.3 is 10.6 Å². The monoisotopic (exact) mass is 276 g/mol. The van der Waals surface area contributed by atoms with Gasteiger partial charge in [-0.05, 0) is 51.0 Å². The van der Waals surface area contributed by atoms with E-state index in [1.807, 2.05) is 18.5 Å². The molecule has 2 N–H and O–H groups in total. The maximum absolute atomic E-state index is 6.35. The van der Waals surface area contributed by atoms with Gasteiger partial charge in [-0.2, -0.15) is 0 Å². The molecule has 1 aromatic heterocycles. The van der Waals surface area contributed by atoms with E-state index < -0.39 is 0 Å². The van der Waals surface area contributed by atoms with Crippen molar-refractivity contribution in [1.29, 1.82) is 0 Å². The van der Waals surface area contributed by atoms with Crippen molar-refractivity contribution in [3.8, 4) is 0 Å². The molecular weight excluding hydrogens is 248 g/mol. The number of nitrogens with two attached hydrogens (primary N) is 1. The van der Waals surface area contributed by atoms with Crippen LogP contribution in [0.1, 0.15) is 37.8 Å². The van der Waals surface area contributed by atoms with Crippen LogP contribution in [0.5, 0.6) is 0 Å². The normalized spacial score (nSPS) is 19.4. The van der Waals surface area contributed by atoms with Crippen molar-refractivity contribution in [2.75, 3.05) is 33.2 Å². The zero-order valence-electron chi connectivity index (χ0n) is 12.8. The Balaban J connectivity index is 1.98. The minimum Gasteiger partial charge on any atom is -0.326 e. The van der Waals surface area contributed by atoms with Gasteiger partial charge in [0.2, 0.25) is 0 Å². The number of likely N-dealkylation sites (N-methyl/N-ethyl adjacent to an activating group) is 1. The van der Waals surface area contributed by atoms with E-state index in [2.05, 4.69) is 34.8 Å². The maximum atomic E-state index is 6.35. The molecule has 0 saturated carbocycles. The van der Waals surface area contributed by atoms with Crippen LogP contribution < -0.4 is 5.73 Å². The van der Waals surface area contributed by atoms with E-state index in [0.717, 1.165) is 19.5 Å². The average Bonchev–Trinajstić information content (AvgIpc) is 2.99. The first kappa shape index (κ1) is 15.4. The van der Waals surface area contributed by atoms with E-state index in [9.17, 15) is 0 Å². The largest absolute Gasteiger partial charge is 0.326 e. The highest BCUT2D eigenvalue weighted by molar-refractivity contribution is 5.16. The third-order valence-electron chi connectivity index (χ3n) is 4.35. The van der Waals surface area contributed by atoms with Crippen LogP contribution in [-0.2, 0) is 0 Å². The summed E-state index contributed by atoms with van der Waals surface area (Å²) in [7, 11) is 2.18. The number of nitrogens with zero attached hydrogens (tertiary/aromatic N) is 3. The molecule has 2 rings (SSSR count). The van der Waals surface area contributed by atoms with Crippen molar-refractivity contribution < 1.29 is 0 Å². The topological polar surface area (TPSA) is 45.4 Å². The Morgan fingerprint density at radius 1 is 1.40 bits per heavy atom. The van der Waals surface area contributed by atoms with Crippen LogP contribution >= 0.6 is 0 Å². The molecule has 0 amide bonds. The molecule has 0 spiro atoms. The summed E-state index contributed by atoms with van der Waals surface area (Å²) < 4.78 is 0. The summed E-state index contributed by atoms with van der Waals surface area (Å²) in [6, 6.07) is 4.55. The molecule has 0 radical (unpaired) electrons. The SMILES string of the molecule is CCC(N)C(c1cccnc1)N(C)CCN1CCCC1. The maximum Gasteiger partial charge on any atom is 0.0511 e. The summed E-state index contributed by atoms with van der Waals surface area (Å²) in [5, 5.41) is 0. The van der Waals surface area contributed by atoms with Gasteiger partial charge in [-0.15, -0.1) is 0 Å². The summed E-state index contributed by atoms with van der Waals surface area (Å²) in [6.07, 6.45) is 7.46. The Morgan fingerprint density at radius 2 is 2.15 bits per heavy atom. The van der Waals surface area contributed by atoms with E-state index in [-0.39, 0.29) is 12.1 Å². The van der Waals surface area contributed by atoms with Crippen molar-refractivity contribution in [3.05, 3.63) is 30.1 Å². The van der Waals surface area contributed by atoms with Crippen molar-refractivity contribution in [2.45, 2.75) is 38.3 Å². The van der Waals surface area contributed by atoms with Gasteiger partial charge in [0.25, 0.3) is 0 Å². The fraction of sp³-hybridized carbons (Fsp3) is 0.688. The van der Waals surface area contributed by atoms with Gasteiger partial charge in [0.15, 0.2) is 0 Å². The molecular formula is C16H28N4. The molecule has 4 nitrogen and oxygen atoms in total. The molecule has 0 aromatic carbocycles. The number of rotatable bonds is 7. The van der Waals surface area contributed by atoms with E-state index in [1.54, 1.807) is 0 Å². The highest BCUT2D eigenvalue weighted by Crippen LogP contribution is 2.23. The molecule has 0 aliphatic carbocycles. The number of pyridine rings is 1. The minimum atomic E-state index is 0.155. The first-order valence-corrected chi connectivity index (χ1v) is 7.80. The molecule has 112 valence electrons. The van der Waals surface area contributed by atoms with Gasteiger partial charge in [-0.3, -0.25) is 9.88 Å². The molecule has 0 bridgehead atoms. The lowest BCUT2D eigenvalue weighted by molar-refractivity contribution is 0.182. The van der Waals surface area contributed by atoms with Crippen molar-refractivity contribution in [1.82, 2.24) is 14.8 Å². The Morgan fingerprint density at radius 3 is 2.75 bits per heavy atom. The Bertz CT molecular complexity index is 375. The van der Waals surface area contributed by atoms with E-state index in [4.69, 9.17) is 5.73 Å². The third-order valence-corrected chi connectivity index (χ3v) is 4.35. The smallest absolute Gasteiger partial charge is 0.0511 e. The summed E-state index contributed by atoms with van der Waals surface area (Å²) in [5.74, 6) is 0. The van der Waals surface area contributed by atoms with E-state index in [1.165, 1.54) is 31.5 Å². The van der Waals surface area contributed by atoms with Crippen LogP contribution in [0.15, 0.2) is 24.5 Å². The van der Waals surface area contributed by atoms with Crippen molar-refractivity contribution >= 4 is 0 Å². The van der Waals surface area contributed by atoms with Gasteiger partial charge >= 0.3 is 0 Å². The molecule has 1 saturated heterocycles. The van der Waals surface area contributed by atoms with Crippen molar-refractivity contribution in [3.63, 3.8) is 0 Å². The van der Waals surface area contributed by atoms with Gasteiger partial charge in [0, 0.05) is 31.5 Å². The van der Waals surface area contributed by atoms with Crippen LogP contribution in [0.3, 0.4) is 0 Å². The molecule has 2 heterocycles. The third kappa shape index (κ3) is 4.01. The van der Waals surface area contributed by atoms with Crippen LogP contribution in [0.2, 0.25) is 0 Å². The zero-order chi connectivity index (χ0) is 14.4. The molecule has 1 aromatic rings. The van der Waals surface area contributed by atoms with Gasteiger partial charge in [-0.1, -0.05) is 13.0 Å². The molecule has 1 aliphatic rings. The lowest BCUT2D eigenvalue weighted by atomic mass is 9.98. The molecule has 2 atom stereocenters. The highest BCUT2D eigenvalue weighted by atomic mass is 15.2. The van der Waals surface area contributed by atoms with Crippen LogP contribution in [-0.4, -0.2) is 54.1 Å². The average molecular weight is 276 g/mol. The van der Waals surface area contributed by atoms with Crippen molar-refractivity contribution in [2.24, 2.45) is 5.73 Å². The second-order valence-electron chi connectivity index (χ2n) is 5.83.